The van der Waals surface area contributed by atoms with Crippen molar-refractivity contribution in [3.05, 3.63) is 29.3 Å². The number of hydrogen-bond acceptors (Lipinski definition) is 2. The van der Waals surface area contributed by atoms with Gasteiger partial charge in [-0.1, -0.05) is 26.8 Å². The molecular weight excluding hydrogens is 196 g/mol. The highest BCUT2D eigenvalue weighted by Crippen LogP contribution is 2.57. The van der Waals surface area contributed by atoms with E-state index >= 15 is 0 Å². The molecular formula is C14H20N2. The average molecular weight is 216 g/mol. The van der Waals surface area contributed by atoms with Crippen LogP contribution in [0.3, 0.4) is 0 Å². The van der Waals surface area contributed by atoms with Gasteiger partial charge in [0.15, 0.2) is 0 Å². The molecule has 2 aliphatic rings. The second-order valence-electron chi connectivity index (χ2n) is 6.24. The molecule has 0 aliphatic carbocycles. The highest BCUT2D eigenvalue weighted by molar-refractivity contribution is 5.53. The Balaban J connectivity index is 2.21. The van der Waals surface area contributed by atoms with Crippen molar-refractivity contribution < 1.29 is 0 Å². The van der Waals surface area contributed by atoms with Crippen LogP contribution in [0.15, 0.2) is 18.2 Å². The van der Waals surface area contributed by atoms with Gasteiger partial charge in [0, 0.05) is 17.3 Å². The summed E-state index contributed by atoms with van der Waals surface area (Å²) in [6.07, 6.45) is 2.49. The first-order valence-electron chi connectivity index (χ1n) is 6.12. The molecule has 2 heteroatoms. The largest absolute Gasteiger partial charge is 0.399 e. The number of anilines is 1. The number of benzene rings is 1. The second kappa shape index (κ2) is 2.80. The first kappa shape index (κ1) is 10.2. The molecule has 1 saturated heterocycles. The molecule has 86 valence electrons. The Morgan fingerprint density at radius 1 is 1.38 bits per heavy atom. The van der Waals surface area contributed by atoms with Gasteiger partial charge in [-0.05, 0) is 41.5 Å². The van der Waals surface area contributed by atoms with E-state index in [9.17, 15) is 0 Å². The average Bonchev–Trinajstić information content (AvgIpc) is 2.73. The van der Waals surface area contributed by atoms with Crippen LogP contribution in [0.1, 0.15) is 50.8 Å². The summed E-state index contributed by atoms with van der Waals surface area (Å²) >= 11 is 0. The van der Waals surface area contributed by atoms with Crippen molar-refractivity contribution in [2.75, 3.05) is 5.73 Å². The van der Waals surface area contributed by atoms with Gasteiger partial charge in [0.2, 0.25) is 0 Å². The number of fused-ring (bicyclic) bond motifs is 5. The predicted octanol–water partition coefficient (Wildman–Crippen LogP) is 2.95. The molecule has 2 heterocycles. The van der Waals surface area contributed by atoms with Crippen LogP contribution in [0, 0.1) is 5.41 Å². The number of hydrogen-bond donors (Lipinski definition) is 2. The maximum Gasteiger partial charge on any atom is 0.0492 e. The topological polar surface area (TPSA) is 38.0 Å². The second-order valence-corrected chi connectivity index (χ2v) is 6.24. The van der Waals surface area contributed by atoms with Gasteiger partial charge in [-0.3, -0.25) is 5.32 Å². The monoisotopic (exact) mass is 216 g/mol. The zero-order chi connectivity index (χ0) is 11.6. The van der Waals surface area contributed by atoms with Crippen molar-refractivity contribution in [2.24, 2.45) is 5.41 Å². The molecule has 2 atom stereocenters. The van der Waals surface area contributed by atoms with E-state index in [1.54, 1.807) is 0 Å². The first-order chi connectivity index (χ1) is 7.44. The van der Waals surface area contributed by atoms with Crippen LogP contribution in [-0.2, 0) is 5.54 Å². The number of rotatable bonds is 0. The zero-order valence-corrected chi connectivity index (χ0v) is 10.3. The fraction of sp³-hybridized carbons (Fsp3) is 0.571. The Morgan fingerprint density at radius 3 is 2.81 bits per heavy atom. The van der Waals surface area contributed by atoms with E-state index in [4.69, 9.17) is 5.73 Å². The predicted molar refractivity (Wildman–Crippen MR) is 67.1 cm³/mol. The SMILES string of the molecule is CC(C)(C)C12CCC(N1)c1cc(N)ccc12. The van der Waals surface area contributed by atoms with E-state index in [0.717, 1.165) is 5.69 Å². The molecule has 1 fully saturated rings. The van der Waals surface area contributed by atoms with Crippen LogP contribution < -0.4 is 11.1 Å². The quantitative estimate of drug-likeness (QED) is 0.654. The van der Waals surface area contributed by atoms with Gasteiger partial charge < -0.3 is 5.73 Å². The minimum Gasteiger partial charge on any atom is -0.399 e. The van der Waals surface area contributed by atoms with Crippen LogP contribution in [0.5, 0.6) is 0 Å². The third-order valence-electron chi connectivity index (χ3n) is 4.42. The van der Waals surface area contributed by atoms with Crippen molar-refractivity contribution in [3.63, 3.8) is 0 Å². The maximum atomic E-state index is 5.89. The molecule has 0 amide bonds. The highest BCUT2D eigenvalue weighted by Gasteiger charge is 2.54. The van der Waals surface area contributed by atoms with Gasteiger partial charge in [0.05, 0.1) is 0 Å². The fourth-order valence-corrected chi connectivity index (χ4v) is 3.50. The summed E-state index contributed by atoms with van der Waals surface area (Å²) in [5.74, 6) is 0. The third kappa shape index (κ3) is 1.06. The van der Waals surface area contributed by atoms with Crippen LogP contribution in [0.2, 0.25) is 0 Å². The fourth-order valence-electron chi connectivity index (χ4n) is 3.50. The Labute approximate surface area is 97.2 Å². The Hall–Kier alpha value is -1.02. The van der Waals surface area contributed by atoms with Gasteiger partial charge >= 0.3 is 0 Å². The summed E-state index contributed by atoms with van der Waals surface area (Å²) in [7, 11) is 0. The van der Waals surface area contributed by atoms with Crippen molar-refractivity contribution in [3.8, 4) is 0 Å². The molecule has 3 N–H and O–H groups in total. The normalized spacial score (nSPS) is 31.8. The molecule has 1 aromatic rings. The molecule has 0 radical (unpaired) electrons. The lowest BCUT2D eigenvalue weighted by atomic mass is 9.67. The Morgan fingerprint density at radius 2 is 2.12 bits per heavy atom. The Bertz CT molecular complexity index is 445. The number of nitrogens with one attached hydrogen (secondary N) is 1. The lowest BCUT2D eigenvalue weighted by Gasteiger charge is -2.41. The molecule has 0 spiro atoms. The summed E-state index contributed by atoms with van der Waals surface area (Å²) < 4.78 is 0. The standard InChI is InChI=1S/C14H20N2/c1-13(2,3)14-7-6-12(16-14)10-8-9(15)4-5-11(10)14/h4-5,8,12,16H,6-7,15H2,1-3H3. The van der Waals surface area contributed by atoms with Gasteiger partial charge in [-0.2, -0.15) is 0 Å². The van der Waals surface area contributed by atoms with Crippen LogP contribution >= 0.6 is 0 Å². The van der Waals surface area contributed by atoms with Gasteiger partial charge in [-0.25, -0.2) is 0 Å². The smallest absolute Gasteiger partial charge is 0.0492 e. The zero-order valence-electron chi connectivity index (χ0n) is 10.3. The van der Waals surface area contributed by atoms with Crippen molar-refractivity contribution >= 4 is 5.69 Å². The summed E-state index contributed by atoms with van der Waals surface area (Å²) in [5, 5.41) is 3.82. The lowest BCUT2D eigenvalue weighted by molar-refractivity contribution is 0.166. The molecule has 2 unspecified atom stereocenters. The van der Waals surface area contributed by atoms with Crippen LogP contribution in [0.4, 0.5) is 5.69 Å². The lowest BCUT2D eigenvalue weighted by Crippen LogP contribution is -2.45. The van der Waals surface area contributed by atoms with E-state index in [0.29, 0.717) is 6.04 Å². The molecule has 3 rings (SSSR count). The van der Waals surface area contributed by atoms with E-state index in [-0.39, 0.29) is 11.0 Å². The summed E-state index contributed by atoms with van der Waals surface area (Å²) in [4.78, 5) is 0. The highest BCUT2D eigenvalue weighted by atomic mass is 15.1. The summed E-state index contributed by atoms with van der Waals surface area (Å²) in [6.45, 7) is 6.98. The summed E-state index contributed by atoms with van der Waals surface area (Å²) in [5.41, 5.74) is 10.1. The van der Waals surface area contributed by atoms with Crippen molar-refractivity contribution in [1.82, 2.24) is 5.32 Å². The molecule has 2 nitrogen and oxygen atoms in total. The van der Waals surface area contributed by atoms with Crippen LogP contribution in [0.25, 0.3) is 0 Å². The third-order valence-corrected chi connectivity index (χ3v) is 4.42. The Kier molecular flexibility index (Phi) is 1.78. The maximum absolute atomic E-state index is 5.89. The summed E-state index contributed by atoms with van der Waals surface area (Å²) in [6, 6.07) is 6.94. The van der Waals surface area contributed by atoms with Crippen molar-refractivity contribution in [2.45, 2.75) is 45.2 Å². The van der Waals surface area contributed by atoms with Crippen LogP contribution in [-0.4, -0.2) is 0 Å². The minimum atomic E-state index is 0.167. The van der Waals surface area contributed by atoms with Gasteiger partial charge in [0.1, 0.15) is 0 Å². The van der Waals surface area contributed by atoms with Gasteiger partial charge in [0.25, 0.3) is 0 Å². The molecule has 0 aromatic heterocycles. The number of nitrogens with two attached hydrogens (primary N) is 1. The van der Waals surface area contributed by atoms with E-state index in [1.807, 2.05) is 6.07 Å². The molecule has 16 heavy (non-hydrogen) atoms. The minimum absolute atomic E-state index is 0.167. The van der Waals surface area contributed by atoms with Crippen molar-refractivity contribution in [1.29, 1.82) is 0 Å². The van der Waals surface area contributed by atoms with E-state index in [2.05, 4.69) is 38.2 Å². The van der Waals surface area contributed by atoms with E-state index in [1.165, 1.54) is 24.0 Å². The first-order valence-corrected chi connectivity index (χ1v) is 6.12. The van der Waals surface area contributed by atoms with E-state index < -0.39 is 0 Å². The molecule has 2 bridgehead atoms. The molecule has 1 aromatic carbocycles. The van der Waals surface area contributed by atoms with Gasteiger partial charge in [-0.15, -0.1) is 0 Å². The molecule has 2 aliphatic heterocycles. The number of nitrogen functional groups attached to an aromatic ring is 1. The molecule has 0 saturated carbocycles.